The first kappa shape index (κ1) is 15.8. The van der Waals surface area contributed by atoms with Gasteiger partial charge in [-0.15, -0.1) is 0 Å². The molecular weight excluding hydrogens is 299 g/mol. The summed E-state index contributed by atoms with van der Waals surface area (Å²) in [6.45, 7) is 2.16. The molecule has 0 N–H and O–H groups in total. The van der Waals surface area contributed by atoms with Gasteiger partial charge in [-0.2, -0.15) is 0 Å². The fourth-order valence-corrected chi connectivity index (χ4v) is 5.98. The molecule has 23 heavy (non-hydrogen) atoms. The monoisotopic (exact) mass is 320 g/mol. The first-order valence-electron chi connectivity index (χ1n) is 7.95. The lowest BCUT2D eigenvalue weighted by atomic mass is 10.0. The van der Waals surface area contributed by atoms with Gasteiger partial charge in [0.25, 0.3) is 0 Å². The Labute approximate surface area is 138 Å². The maximum Gasteiger partial charge on any atom is 0.143 e. The third kappa shape index (κ3) is 3.46. The summed E-state index contributed by atoms with van der Waals surface area (Å²) in [4.78, 5) is 0. The van der Waals surface area contributed by atoms with E-state index in [1.165, 1.54) is 5.56 Å². The predicted octanol–water partition coefficient (Wildman–Crippen LogP) is 4.80. The van der Waals surface area contributed by atoms with E-state index in [2.05, 4.69) is 19.1 Å². The topological polar surface area (TPSA) is 17.1 Å². The molecule has 0 spiro atoms. The zero-order chi connectivity index (χ0) is 16.1. The summed E-state index contributed by atoms with van der Waals surface area (Å²) in [5, 5.41) is 1.88. The second kappa shape index (κ2) is 6.98. The minimum absolute atomic E-state index is 0.238. The van der Waals surface area contributed by atoms with Gasteiger partial charge in [0, 0.05) is 16.8 Å². The zero-order valence-electron chi connectivity index (χ0n) is 13.3. The Bertz CT molecular complexity index is 738. The molecule has 0 heterocycles. The van der Waals surface area contributed by atoms with Crippen molar-refractivity contribution in [2.45, 2.75) is 12.8 Å². The van der Waals surface area contributed by atoms with Crippen molar-refractivity contribution in [3.8, 4) is 0 Å². The van der Waals surface area contributed by atoms with Gasteiger partial charge in [0.05, 0.1) is 0 Å². The van der Waals surface area contributed by atoms with Gasteiger partial charge in [-0.25, -0.2) is 0 Å². The highest BCUT2D eigenvalue weighted by molar-refractivity contribution is 7.78. The zero-order valence-corrected chi connectivity index (χ0v) is 14.2. The van der Waals surface area contributed by atoms with Gasteiger partial charge in [0.15, 0.2) is 0 Å². The predicted molar refractivity (Wildman–Crippen MR) is 99.5 cm³/mol. The first-order valence-corrected chi connectivity index (χ1v) is 9.84. The van der Waals surface area contributed by atoms with Crippen molar-refractivity contribution >= 4 is 17.8 Å². The summed E-state index contributed by atoms with van der Waals surface area (Å²) in [6.07, 6.45) is 0.644. The van der Waals surface area contributed by atoms with E-state index in [1.807, 2.05) is 78.9 Å². The Morgan fingerprint density at radius 2 is 1.09 bits per heavy atom. The van der Waals surface area contributed by atoms with E-state index in [-0.39, 0.29) is 5.92 Å². The molecule has 0 aliphatic carbocycles. The Morgan fingerprint density at radius 3 is 1.52 bits per heavy atom. The third-order valence-corrected chi connectivity index (χ3v) is 7.57. The highest BCUT2D eigenvalue weighted by Crippen LogP contribution is 2.46. The van der Waals surface area contributed by atoms with E-state index in [9.17, 15) is 4.57 Å². The van der Waals surface area contributed by atoms with Crippen molar-refractivity contribution < 1.29 is 4.57 Å². The highest BCUT2D eigenvalue weighted by Gasteiger charge is 2.29. The van der Waals surface area contributed by atoms with Crippen LogP contribution in [0.2, 0.25) is 0 Å². The van der Waals surface area contributed by atoms with Crippen LogP contribution in [0.3, 0.4) is 0 Å². The summed E-state index contributed by atoms with van der Waals surface area (Å²) >= 11 is 0. The van der Waals surface area contributed by atoms with Gasteiger partial charge in [-0.05, 0) is 11.5 Å². The van der Waals surface area contributed by atoms with Crippen LogP contribution in [0.4, 0.5) is 0 Å². The average molecular weight is 320 g/mol. The molecule has 3 aromatic carbocycles. The molecule has 0 saturated heterocycles. The Kier molecular flexibility index (Phi) is 4.79. The average Bonchev–Trinajstić information content (AvgIpc) is 2.64. The van der Waals surface area contributed by atoms with Crippen molar-refractivity contribution in [2.24, 2.45) is 0 Å². The van der Waals surface area contributed by atoms with Crippen LogP contribution >= 0.6 is 7.14 Å². The van der Waals surface area contributed by atoms with E-state index in [0.29, 0.717) is 6.16 Å². The van der Waals surface area contributed by atoms with E-state index >= 15 is 0 Å². The molecule has 3 rings (SSSR count). The highest BCUT2D eigenvalue weighted by atomic mass is 31.2. The summed E-state index contributed by atoms with van der Waals surface area (Å²) < 4.78 is 14.0. The molecule has 116 valence electrons. The molecule has 0 amide bonds. The molecule has 1 nitrogen and oxygen atoms in total. The van der Waals surface area contributed by atoms with E-state index in [4.69, 9.17) is 0 Å². The second-order valence-electron chi connectivity index (χ2n) is 5.91. The summed E-state index contributed by atoms with van der Waals surface area (Å²) in [6, 6.07) is 30.1. The maximum absolute atomic E-state index is 14.0. The van der Waals surface area contributed by atoms with E-state index in [0.717, 1.165) is 10.6 Å². The molecular formula is C21H21OP. The smallest absolute Gasteiger partial charge is 0.143 e. The normalized spacial score (nSPS) is 12.7. The molecule has 0 fully saturated rings. The van der Waals surface area contributed by atoms with Gasteiger partial charge in [0.2, 0.25) is 0 Å². The summed E-state index contributed by atoms with van der Waals surface area (Å²) in [5.74, 6) is 0.238. The molecule has 0 aliphatic heterocycles. The van der Waals surface area contributed by atoms with Crippen LogP contribution in [0.1, 0.15) is 18.4 Å². The molecule has 0 bridgehead atoms. The molecule has 0 radical (unpaired) electrons. The number of hydrogen-bond donors (Lipinski definition) is 0. The number of hydrogen-bond acceptors (Lipinski definition) is 1. The van der Waals surface area contributed by atoms with E-state index in [1.54, 1.807) is 0 Å². The molecule has 1 atom stereocenters. The molecule has 0 aliphatic rings. The van der Waals surface area contributed by atoms with Crippen molar-refractivity contribution in [1.82, 2.24) is 0 Å². The fourth-order valence-electron chi connectivity index (χ4n) is 2.97. The van der Waals surface area contributed by atoms with Crippen LogP contribution in [-0.4, -0.2) is 6.16 Å². The van der Waals surface area contributed by atoms with Gasteiger partial charge >= 0.3 is 0 Å². The second-order valence-corrected chi connectivity index (χ2v) is 8.78. The van der Waals surface area contributed by atoms with E-state index < -0.39 is 7.14 Å². The Hall–Kier alpha value is -2.11. The minimum Gasteiger partial charge on any atom is -0.314 e. The quantitative estimate of drug-likeness (QED) is 0.617. The lowest BCUT2D eigenvalue weighted by Crippen LogP contribution is -2.20. The van der Waals surface area contributed by atoms with Crippen molar-refractivity contribution in [1.29, 1.82) is 0 Å². The van der Waals surface area contributed by atoms with Gasteiger partial charge < -0.3 is 4.57 Å². The van der Waals surface area contributed by atoms with Crippen molar-refractivity contribution in [2.75, 3.05) is 6.16 Å². The standard InChI is InChI=1S/C21H21OP/c1-18(19-11-5-2-6-12-19)17-23(22,20-13-7-3-8-14-20)21-15-9-4-10-16-21/h2-16,18H,17H2,1H3/t18-/m0/s1. The minimum atomic E-state index is -2.65. The fraction of sp³-hybridized carbons (Fsp3) is 0.143. The van der Waals surface area contributed by atoms with Gasteiger partial charge in [-0.3, -0.25) is 0 Å². The number of rotatable bonds is 5. The lowest BCUT2D eigenvalue weighted by molar-refractivity contribution is 0.583. The Balaban J connectivity index is 2.02. The molecule has 0 unspecified atom stereocenters. The molecule has 2 heteroatoms. The van der Waals surface area contributed by atoms with Gasteiger partial charge in [0.1, 0.15) is 7.14 Å². The van der Waals surface area contributed by atoms with Crippen LogP contribution in [0.5, 0.6) is 0 Å². The van der Waals surface area contributed by atoms with Gasteiger partial charge in [-0.1, -0.05) is 97.9 Å². The SMILES string of the molecule is C[C@@H](CP(=O)(c1ccccc1)c1ccccc1)c1ccccc1. The van der Waals surface area contributed by atoms with Crippen molar-refractivity contribution in [3.05, 3.63) is 96.6 Å². The van der Waals surface area contributed by atoms with Crippen LogP contribution in [-0.2, 0) is 4.57 Å². The molecule has 0 aromatic heterocycles. The van der Waals surface area contributed by atoms with Crippen molar-refractivity contribution in [3.63, 3.8) is 0 Å². The third-order valence-electron chi connectivity index (χ3n) is 4.25. The number of benzene rings is 3. The Morgan fingerprint density at radius 1 is 0.696 bits per heavy atom. The van der Waals surface area contributed by atoms with Crippen LogP contribution in [0, 0.1) is 0 Å². The summed E-state index contributed by atoms with van der Waals surface area (Å²) in [5.41, 5.74) is 1.24. The van der Waals surface area contributed by atoms with Crippen LogP contribution in [0.25, 0.3) is 0 Å². The van der Waals surface area contributed by atoms with Crippen LogP contribution in [0.15, 0.2) is 91.0 Å². The lowest BCUT2D eigenvalue weighted by Gasteiger charge is -2.23. The van der Waals surface area contributed by atoms with Crippen LogP contribution < -0.4 is 10.6 Å². The summed E-state index contributed by atoms with van der Waals surface area (Å²) in [7, 11) is -2.65. The first-order chi connectivity index (χ1) is 11.2. The molecule has 3 aromatic rings. The largest absolute Gasteiger partial charge is 0.314 e. The molecule has 0 saturated carbocycles. The maximum atomic E-state index is 14.0.